The van der Waals surface area contributed by atoms with Crippen LogP contribution in [0.5, 0.6) is 0 Å². The zero-order chi connectivity index (χ0) is 11.9. The van der Waals surface area contributed by atoms with Gasteiger partial charge in [0.15, 0.2) is 0 Å². The molecule has 1 rings (SSSR count). The zero-order valence-corrected chi connectivity index (χ0v) is 10.5. The van der Waals surface area contributed by atoms with Crippen LogP contribution in [0.4, 0.5) is 0 Å². The van der Waals surface area contributed by atoms with E-state index in [0.717, 1.165) is 12.8 Å². The molecule has 86 valence electrons. The third-order valence-electron chi connectivity index (χ3n) is 3.41. The lowest BCUT2D eigenvalue weighted by Crippen LogP contribution is -2.46. The van der Waals surface area contributed by atoms with Crippen LogP contribution in [-0.2, 0) is 9.53 Å². The Morgan fingerprint density at radius 3 is 2.00 bits per heavy atom. The van der Waals surface area contributed by atoms with E-state index in [4.69, 9.17) is 4.74 Å². The lowest BCUT2D eigenvalue weighted by molar-refractivity contribution is -0.157. The Morgan fingerprint density at radius 1 is 1.27 bits per heavy atom. The van der Waals surface area contributed by atoms with Gasteiger partial charge in [0.05, 0.1) is 13.0 Å². The standard InChI is InChI=1S/C13H22O2/c1-9-7-12(2,3)10(11(14)15-6)13(4,5)8-9/h10H,1,7-8H2,2-6H3. The smallest absolute Gasteiger partial charge is 0.309 e. The quantitative estimate of drug-likeness (QED) is 0.491. The van der Waals surface area contributed by atoms with E-state index in [-0.39, 0.29) is 22.7 Å². The molecule has 0 N–H and O–H groups in total. The van der Waals surface area contributed by atoms with E-state index in [0.29, 0.717) is 0 Å². The number of methoxy groups -OCH3 is 1. The highest BCUT2D eigenvalue weighted by Gasteiger charge is 2.49. The van der Waals surface area contributed by atoms with Gasteiger partial charge in [-0.2, -0.15) is 0 Å². The second kappa shape index (κ2) is 3.66. The Bertz CT molecular complexity index is 267. The van der Waals surface area contributed by atoms with Gasteiger partial charge in [0.1, 0.15) is 0 Å². The van der Waals surface area contributed by atoms with Crippen LogP contribution < -0.4 is 0 Å². The molecule has 0 amide bonds. The van der Waals surface area contributed by atoms with Crippen LogP contribution in [0.3, 0.4) is 0 Å². The van der Waals surface area contributed by atoms with Crippen LogP contribution in [0.2, 0.25) is 0 Å². The summed E-state index contributed by atoms with van der Waals surface area (Å²) in [5.41, 5.74) is 1.14. The van der Waals surface area contributed by atoms with Crippen molar-refractivity contribution in [3.63, 3.8) is 0 Å². The lowest BCUT2D eigenvalue weighted by atomic mass is 9.56. The van der Waals surface area contributed by atoms with Gasteiger partial charge in [-0.15, -0.1) is 0 Å². The molecule has 0 radical (unpaired) electrons. The number of esters is 1. The molecular weight excluding hydrogens is 188 g/mol. The third kappa shape index (κ3) is 2.24. The summed E-state index contributed by atoms with van der Waals surface area (Å²) in [5, 5.41) is 0. The molecule has 0 aromatic carbocycles. The molecule has 0 atom stereocenters. The van der Waals surface area contributed by atoms with Gasteiger partial charge in [-0.25, -0.2) is 0 Å². The highest BCUT2D eigenvalue weighted by Crippen LogP contribution is 2.52. The fourth-order valence-electron chi connectivity index (χ4n) is 3.37. The Morgan fingerprint density at radius 2 is 1.67 bits per heavy atom. The summed E-state index contributed by atoms with van der Waals surface area (Å²) in [6.45, 7) is 12.6. The molecule has 2 nitrogen and oxygen atoms in total. The summed E-state index contributed by atoms with van der Waals surface area (Å²) >= 11 is 0. The first kappa shape index (κ1) is 12.3. The molecule has 0 spiro atoms. The lowest BCUT2D eigenvalue weighted by Gasteiger charge is -2.48. The molecule has 1 saturated carbocycles. The minimum atomic E-state index is -0.0856. The van der Waals surface area contributed by atoms with Crippen molar-refractivity contribution in [3.8, 4) is 0 Å². The molecule has 0 unspecified atom stereocenters. The Labute approximate surface area is 92.7 Å². The number of hydrogen-bond acceptors (Lipinski definition) is 2. The molecular formula is C13H22O2. The molecule has 15 heavy (non-hydrogen) atoms. The highest BCUT2D eigenvalue weighted by atomic mass is 16.5. The second-order valence-electron chi connectivity index (χ2n) is 6.04. The average molecular weight is 210 g/mol. The molecule has 1 fully saturated rings. The fraction of sp³-hybridized carbons (Fsp3) is 0.769. The molecule has 1 aliphatic rings. The van der Waals surface area contributed by atoms with Crippen LogP contribution in [0, 0.1) is 16.7 Å². The first-order valence-corrected chi connectivity index (χ1v) is 5.45. The summed E-state index contributed by atoms with van der Waals surface area (Å²) in [5.74, 6) is -0.127. The maximum Gasteiger partial charge on any atom is 0.309 e. The number of ether oxygens (including phenoxy) is 1. The van der Waals surface area contributed by atoms with Crippen molar-refractivity contribution in [2.75, 3.05) is 7.11 Å². The van der Waals surface area contributed by atoms with Gasteiger partial charge in [0, 0.05) is 0 Å². The minimum Gasteiger partial charge on any atom is -0.469 e. The SMILES string of the molecule is C=C1CC(C)(C)C(C(=O)OC)C(C)(C)C1. The Kier molecular flexibility index (Phi) is 2.99. The molecule has 0 aromatic heterocycles. The summed E-state index contributed by atoms with van der Waals surface area (Å²) in [6.07, 6.45) is 1.83. The Hall–Kier alpha value is -0.790. The number of rotatable bonds is 1. The van der Waals surface area contributed by atoms with Crippen molar-refractivity contribution in [2.24, 2.45) is 16.7 Å². The second-order valence-corrected chi connectivity index (χ2v) is 6.04. The van der Waals surface area contributed by atoms with E-state index in [1.165, 1.54) is 12.7 Å². The van der Waals surface area contributed by atoms with Crippen molar-refractivity contribution in [1.82, 2.24) is 0 Å². The fourth-order valence-corrected chi connectivity index (χ4v) is 3.37. The minimum absolute atomic E-state index is 0.0412. The normalized spacial score (nSPS) is 25.0. The third-order valence-corrected chi connectivity index (χ3v) is 3.41. The van der Waals surface area contributed by atoms with E-state index >= 15 is 0 Å². The maximum atomic E-state index is 11.9. The summed E-state index contributed by atoms with van der Waals surface area (Å²) in [4.78, 5) is 11.9. The monoisotopic (exact) mass is 210 g/mol. The van der Waals surface area contributed by atoms with Crippen LogP contribution >= 0.6 is 0 Å². The van der Waals surface area contributed by atoms with Crippen molar-refractivity contribution >= 4 is 5.97 Å². The highest BCUT2D eigenvalue weighted by molar-refractivity contribution is 5.74. The van der Waals surface area contributed by atoms with Gasteiger partial charge < -0.3 is 4.74 Å². The molecule has 0 heterocycles. The number of hydrogen-bond donors (Lipinski definition) is 0. The van der Waals surface area contributed by atoms with Gasteiger partial charge in [-0.3, -0.25) is 4.79 Å². The zero-order valence-electron chi connectivity index (χ0n) is 10.5. The molecule has 2 heteroatoms. The molecule has 0 aromatic rings. The summed E-state index contributed by atoms with van der Waals surface area (Å²) < 4.78 is 4.93. The topological polar surface area (TPSA) is 26.3 Å². The predicted octanol–water partition coefficient (Wildman–Crippen LogP) is 3.18. The van der Waals surface area contributed by atoms with Gasteiger partial charge in [-0.1, -0.05) is 39.8 Å². The summed E-state index contributed by atoms with van der Waals surface area (Å²) in [6, 6.07) is 0. The predicted molar refractivity (Wildman–Crippen MR) is 61.4 cm³/mol. The van der Waals surface area contributed by atoms with E-state index in [1.807, 2.05) is 0 Å². The van der Waals surface area contributed by atoms with Gasteiger partial charge in [0.2, 0.25) is 0 Å². The van der Waals surface area contributed by atoms with E-state index in [2.05, 4.69) is 34.3 Å². The van der Waals surface area contributed by atoms with Crippen molar-refractivity contribution in [1.29, 1.82) is 0 Å². The first-order chi connectivity index (χ1) is 6.70. The largest absolute Gasteiger partial charge is 0.469 e. The van der Waals surface area contributed by atoms with E-state index in [9.17, 15) is 4.79 Å². The molecule has 0 saturated heterocycles. The van der Waals surface area contributed by atoms with Crippen molar-refractivity contribution < 1.29 is 9.53 Å². The van der Waals surface area contributed by atoms with Crippen LogP contribution in [-0.4, -0.2) is 13.1 Å². The van der Waals surface area contributed by atoms with Crippen LogP contribution in [0.1, 0.15) is 40.5 Å². The Balaban J connectivity index is 3.08. The maximum absolute atomic E-state index is 11.9. The number of allylic oxidation sites excluding steroid dienone is 1. The van der Waals surface area contributed by atoms with Gasteiger partial charge in [-0.05, 0) is 23.7 Å². The summed E-state index contributed by atoms with van der Waals surface area (Å²) in [7, 11) is 1.47. The first-order valence-electron chi connectivity index (χ1n) is 5.45. The van der Waals surface area contributed by atoms with E-state index in [1.54, 1.807) is 0 Å². The van der Waals surface area contributed by atoms with Gasteiger partial charge >= 0.3 is 5.97 Å². The molecule has 0 aliphatic heterocycles. The van der Waals surface area contributed by atoms with Gasteiger partial charge in [0.25, 0.3) is 0 Å². The van der Waals surface area contributed by atoms with Crippen molar-refractivity contribution in [3.05, 3.63) is 12.2 Å². The number of carbonyl (C=O) groups is 1. The van der Waals surface area contributed by atoms with Crippen LogP contribution in [0.25, 0.3) is 0 Å². The van der Waals surface area contributed by atoms with E-state index < -0.39 is 0 Å². The molecule has 0 bridgehead atoms. The molecule has 1 aliphatic carbocycles. The van der Waals surface area contributed by atoms with Crippen molar-refractivity contribution in [2.45, 2.75) is 40.5 Å². The van der Waals surface area contributed by atoms with Crippen LogP contribution in [0.15, 0.2) is 12.2 Å². The average Bonchev–Trinajstić information content (AvgIpc) is 1.97. The number of carbonyl (C=O) groups excluding carboxylic acids is 1.